The number of thiazole rings is 1. The molecule has 4 rings (SSSR count). The molecule has 3 heterocycles. The summed E-state index contributed by atoms with van der Waals surface area (Å²) in [5, 5.41) is 11.5. The summed E-state index contributed by atoms with van der Waals surface area (Å²) in [5.41, 5.74) is 1.33. The topological polar surface area (TPSA) is 92.9 Å². The molecule has 1 unspecified atom stereocenters. The van der Waals surface area contributed by atoms with Crippen molar-refractivity contribution in [2.24, 2.45) is 0 Å². The van der Waals surface area contributed by atoms with E-state index in [9.17, 15) is 14.7 Å². The number of rotatable bonds is 8. The molecule has 166 valence electrons. The van der Waals surface area contributed by atoms with E-state index in [1.807, 2.05) is 26.0 Å². The zero-order valence-electron chi connectivity index (χ0n) is 18.1. The number of aryl methyl sites for hydroxylation is 2. The van der Waals surface area contributed by atoms with Crippen molar-refractivity contribution in [2.75, 3.05) is 6.61 Å². The van der Waals surface area contributed by atoms with E-state index >= 15 is 0 Å². The third kappa shape index (κ3) is 4.05. The second-order valence-corrected chi connectivity index (χ2v) is 8.77. The monoisotopic (exact) mass is 452 g/mol. The van der Waals surface area contributed by atoms with Crippen LogP contribution in [0.15, 0.2) is 58.4 Å². The number of ketones is 1. The van der Waals surface area contributed by atoms with Crippen molar-refractivity contribution >= 4 is 23.0 Å². The summed E-state index contributed by atoms with van der Waals surface area (Å²) in [6.45, 7) is 6.31. The predicted molar refractivity (Wildman–Crippen MR) is 120 cm³/mol. The van der Waals surface area contributed by atoms with Crippen LogP contribution in [0.2, 0.25) is 0 Å². The van der Waals surface area contributed by atoms with Gasteiger partial charge < -0.3 is 19.2 Å². The summed E-state index contributed by atoms with van der Waals surface area (Å²) in [6, 6.07) is 9.96. The largest absolute Gasteiger partial charge is 0.503 e. The van der Waals surface area contributed by atoms with Gasteiger partial charge in [0.15, 0.2) is 5.76 Å². The Labute approximate surface area is 190 Å². The number of hydrogen-bond acceptors (Lipinski definition) is 7. The highest BCUT2D eigenvalue weighted by molar-refractivity contribution is 7.14. The van der Waals surface area contributed by atoms with Crippen molar-refractivity contribution in [3.63, 3.8) is 0 Å². The summed E-state index contributed by atoms with van der Waals surface area (Å²) < 4.78 is 11.1. The maximum absolute atomic E-state index is 13.5. The van der Waals surface area contributed by atoms with Gasteiger partial charge in [-0.15, -0.1) is 11.3 Å². The van der Waals surface area contributed by atoms with E-state index in [2.05, 4.69) is 4.98 Å². The lowest BCUT2D eigenvalue weighted by Crippen LogP contribution is -2.30. The highest BCUT2D eigenvalue weighted by atomic mass is 32.1. The summed E-state index contributed by atoms with van der Waals surface area (Å²) >= 11 is 1.25. The lowest BCUT2D eigenvalue weighted by molar-refractivity contribution is -0.130. The van der Waals surface area contributed by atoms with Crippen molar-refractivity contribution in [2.45, 2.75) is 39.8 Å². The minimum atomic E-state index is -0.762. The van der Waals surface area contributed by atoms with Crippen molar-refractivity contribution in [1.29, 1.82) is 0 Å². The van der Waals surface area contributed by atoms with Crippen molar-refractivity contribution in [3.8, 4) is 5.75 Å². The van der Waals surface area contributed by atoms with Gasteiger partial charge in [0.2, 0.25) is 5.78 Å². The predicted octanol–water partition coefficient (Wildman–Crippen LogP) is 4.92. The molecule has 1 aromatic carbocycles. The average Bonchev–Trinajstić information content (AvgIpc) is 3.47. The van der Waals surface area contributed by atoms with E-state index in [4.69, 9.17) is 9.15 Å². The van der Waals surface area contributed by atoms with Crippen molar-refractivity contribution in [1.82, 2.24) is 9.88 Å². The van der Waals surface area contributed by atoms with Gasteiger partial charge in [-0.2, -0.15) is 0 Å². The number of aliphatic hydroxyl groups excluding tert-OH is 1. The molecule has 0 saturated heterocycles. The van der Waals surface area contributed by atoms with Gasteiger partial charge in [-0.05, 0) is 50.1 Å². The molecule has 0 saturated carbocycles. The third-order valence-corrected chi connectivity index (χ3v) is 6.30. The number of furan rings is 1. The van der Waals surface area contributed by atoms with Crippen LogP contribution in [0.25, 0.3) is 0 Å². The first-order chi connectivity index (χ1) is 15.4. The van der Waals surface area contributed by atoms with Crippen LogP contribution in [-0.2, 0) is 11.3 Å². The summed E-state index contributed by atoms with van der Waals surface area (Å²) in [7, 11) is 0. The van der Waals surface area contributed by atoms with Crippen LogP contribution < -0.4 is 4.74 Å². The number of aliphatic hydroxyl groups is 1. The molecule has 3 aromatic rings. The minimum absolute atomic E-state index is 0.0514. The van der Waals surface area contributed by atoms with Gasteiger partial charge >= 0.3 is 0 Å². The molecular weight excluding hydrogens is 428 g/mol. The Morgan fingerprint density at radius 2 is 2.00 bits per heavy atom. The van der Waals surface area contributed by atoms with E-state index in [1.54, 1.807) is 31.2 Å². The molecule has 1 amide bonds. The molecule has 32 heavy (non-hydrogen) atoms. The molecule has 2 aromatic heterocycles. The molecule has 1 atom stereocenters. The molecule has 0 aliphatic carbocycles. The zero-order chi connectivity index (χ0) is 22.8. The quantitative estimate of drug-likeness (QED) is 0.488. The number of nitrogens with zero attached hydrogens (tertiary/aromatic N) is 2. The number of hydrogen-bond donors (Lipinski definition) is 1. The summed E-state index contributed by atoms with van der Waals surface area (Å²) in [5.74, 6) is -0.287. The van der Waals surface area contributed by atoms with Gasteiger partial charge in [-0.1, -0.05) is 19.1 Å². The van der Waals surface area contributed by atoms with Crippen LogP contribution in [0.4, 0.5) is 0 Å². The van der Waals surface area contributed by atoms with Crippen LogP contribution in [0.5, 0.6) is 5.75 Å². The standard InChI is InChI=1S/C24H24N2O5S/c1-4-11-30-17-9-7-16(8-10-17)20-19(21(27)23-14(2)25-15(3)32-23)22(28)24(29)26(20)13-18-6-5-12-31-18/h5-10,12,20,28H,4,11,13H2,1-3H3. The number of carbonyl (C=O) groups excluding carboxylic acids is 2. The molecule has 0 fully saturated rings. The molecule has 0 spiro atoms. The van der Waals surface area contributed by atoms with Crippen LogP contribution in [0.1, 0.15) is 51.1 Å². The van der Waals surface area contributed by atoms with Crippen LogP contribution in [0, 0.1) is 13.8 Å². The number of aromatic nitrogens is 1. The second-order valence-electron chi connectivity index (χ2n) is 7.57. The normalized spacial score (nSPS) is 16.2. The highest BCUT2D eigenvalue weighted by Gasteiger charge is 2.44. The molecule has 7 nitrogen and oxygen atoms in total. The Hall–Kier alpha value is -3.39. The first-order valence-corrected chi connectivity index (χ1v) is 11.2. The smallest absolute Gasteiger partial charge is 0.290 e. The van der Waals surface area contributed by atoms with Crippen LogP contribution >= 0.6 is 11.3 Å². The minimum Gasteiger partial charge on any atom is -0.503 e. The number of ether oxygens (including phenoxy) is 1. The number of Topliss-reactive ketones (excluding diaryl/α,β-unsaturated/α-hetero) is 1. The van der Waals surface area contributed by atoms with E-state index in [0.717, 1.165) is 11.4 Å². The number of benzene rings is 1. The summed E-state index contributed by atoms with van der Waals surface area (Å²) in [4.78, 5) is 32.8. The van der Waals surface area contributed by atoms with E-state index in [1.165, 1.54) is 22.5 Å². The van der Waals surface area contributed by atoms with Gasteiger partial charge in [-0.3, -0.25) is 9.59 Å². The lowest BCUT2D eigenvalue weighted by Gasteiger charge is -2.26. The van der Waals surface area contributed by atoms with Crippen LogP contribution in [-0.4, -0.2) is 33.3 Å². The fraction of sp³-hybridized carbons (Fsp3) is 0.292. The molecule has 1 aliphatic rings. The van der Waals surface area contributed by atoms with Crippen LogP contribution in [0.3, 0.4) is 0 Å². The molecule has 0 bridgehead atoms. The van der Waals surface area contributed by atoms with Crippen molar-refractivity contribution in [3.05, 3.63) is 80.9 Å². The van der Waals surface area contributed by atoms with Gasteiger partial charge in [0.1, 0.15) is 11.5 Å². The molecule has 1 aliphatic heterocycles. The van der Waals surface area contributed by atoms with E-state index in [0.29, 0.717) is 34.3 Å². The summed E-state index contributed by atoms with van der Waals surface area (Å²) in [6.07, 6.45) is 2.41. The molecule has 0 radical (unpaired) electrons. The second kappa shape index (κ2) is 9.00. The lowest BCUT2D eigenvalue weighted by atomic mass is 9.95. The molecule has 8 heteroatoms. The molecular formula is C24H24N2O5S. The highest BCUT2D eigenvalue weighted by Crippen LogP contribution is 2.41. The zero-order valence-corrected chi connectivity index (χ0v) is 18.9. The van der Waals surface area contributed by atoms with E-state index in [-0.39, 0.29) is 12.1 Å². The maximum Gasteiger partial charge on any atom is 0.290 e. The Bertz CT molecular complexity index is 1160. The fourth-order valence-electron chi connectivity index (χ4n) is 3.80. The third-order valence-electron chi connectivity index (χ3n) is 5.23. The number of amides is 1. The first kappa shape index (κ1) is 21.8. The Kier molecular flexibility index (Phi) is 6.14. The Balaban J connectivity index is 1.76. The van der Waals surface area contributed by atoms with Gasteiger partial charge in [0.05, 0.1) is 46.6 Å². The van der Waals surface area contributed by atoms with Gasteiger partial charge in [-0.25, -0.2) is 4.98 Å². The average molecular weight is 453 g/mol. The van der Waals surface area contributed by atoms with Gasteiger partial charge in [0, 0.05) is 0 Å². The Morgan fingerprint density at radius 1 is 1.25 bits per heavy atom. The first-order valence-electron chi connectivity index (χ1n) is 10.4. The van der Waals surface area contributed by atoms with Crippen molar-refractivity contribution < 1.29 is 23.8 Å². The molecule has 1 N–H and O–H groups in total. The van der Waals surface area contributed by atoms with E-state index < -0.39 is 23.5 Å². The Morgan fingerprint density at radius 3 is 2.59 bits per heavy atom. The SMILES string of the molecule is CCCOc1ccc(C2C(C(=O)c3sc(C)nc3C)=C(O)C(=O)N2Cc2ccco2)cc1. The van der Waals surface area contributed by atoms with Gasteiger partial charge in [0.25, 0.3) is 5.91 Å². The maximum atomic E-state index is 13.5. The number of carbonyl (C=O) groups is 2. The fourth-order valence-corrected chi connectivity index (χ4v) is 4.67.